The number of rotatable bonds is 5. The average Bonchev–Trinajstić information content (AvgIpc) is 3.24. The third-order valence-electron chi connectivity index (χ3n) is 5.79. The highest BCUT2D eigenvalue weighted by atomic mass is 32.2. The molecule has 33 heavy (non-hydrogen) atoms. The number of para-hydroxylation sites is 1. The molecule has 2 aromatic heterocycles. The summed E-state index contributed by atoms with van der Waals surface area (Å²) in [6, 6.07) is 20.6. The molecule has 0 aliphatic carbocycles. The maximum Gasteiger partial charge on any atom is 0.267 e. The fourth-order valence-electron chi connectivity index (χ4n) is 3.93. The molecule has 7 nitrogen and oxygen atoms in total. The Morgan fingerprint density at radius 2 is 1.79 bits per heavy atom. The van der Waals surface area contributed by atoms with Gasteiger partial charge in [-0.3, -0.25) is 14.0 Å². The summed E-state index contributed by atoms with van der Waals surface area (Å²) in [7, 11) is 0. The first kappa shape index (κ1) is 21.0. The van der Waals surface area contributed by atoms with E-state index >= 15 is 0 Å². The summed E-state index contributed by atoms with van der Waals surface area (Å²) < 4.78 is 3.55. The lowest BCUT2D eigenvalue weighted by atomic mass is 10.1. The van der Waals surface area contributed by atoms with Crippen molar-refractivity contribution in [1.29, 1.82) is 0 Å². The predicted molar refractivity (Wildman–Crippen MR) is 130 cm³/mol. The van der Waals surface area contributed by atoms with Crippen molar-refractivity contribution in [3.05, 3.63) is 99.3 Å². The highest BCUT2D eigenvalue weighted by molar-refractivity contribution is 7.98. The fraction of sp³-hybridized carbons (Fsp3) is 0.120. The summed E-state index contributed by atoms with van der Waals surface area (Å²) in [5.41, 5.74) is 10.3. The number of thioether (sulfide) groups is 1. The number of primary amides is 1. The van der Waals surface area contributed by atoms with Gasteiger partial charge in [-0.05, 0) is 60.9 Å². The number of fused-ring (bicyclic) bond motifs is 3. The lowest BCUT2D eigenvalue weighted by Crippen LogP contribution is -2.22. The van der Waals surface area contributed by atoms with Crippen molar-refractivity contribution in [3.8, 4) is 5.69 Å². The van der Waals surface area contributed by atoms with E-state index in [4.69, 9.17) is 5.73 Å². The summed E-state index contributed by atoms with van der Waals surface area (Å²) in [5.74, 6) is 0.567. The zero-order chi connectivity index (χ0) is 23.1. The van der Waals surface area contributed by atoms with E-state index in [0.717, 1.165) is 27.9 Å². The van der Waals surface area contributed by atoms with Crippen LogP contribution in [0.2, 0.25) is 0 Å². The largest absolute Gasteiger partial charge is 0.366 e. The van der Waals surface area contributed by atoms with E-state index < -0.39 is 5.91 Å². The van der Waals surface area contributed by atoms with Gasteiger partial charge in [-0.25, -0.2) is 4.57 Å². The number of benzene rings is 3. The van der Waals surface area contributed by atoms with Gasteiger partial charge in [-0.15, -0.1) is 10.2 Å². The Kier molecular flexibility index (Phi) is 5.22. The van der Waals surface area contributed by atoms with Gasteiger partial charge >= 0.3 is 0 Å². The van der Waals surface area contributed by atoms with E-state index in [2.05, 4.69) is 10.2 Å². The molecular formula is C25H21N5O2S. The average molecular weight is 456 g/mol. The van der Waals surface area contributed by atoms with E-state index in [1.807, 2.05) is 72.8 Å². The van der Waals surface area contributed by atoms with E-state index in [0.29, 0.717) is 27.6 Å². The molecule has 1 amide bonds. The maximum atomic E-state index is 13.5. The molecule has 0 fully saturated rings. The van der Waals surface area contributed by atoms with Gasteiger partial charge in [0, 0.05) is 11.3 Å². The number of aromatic nitrogens is 4. The Labute approximate surface area is 193 Å². The maximum absolute atomic E-state index is 13.5. The van der Waals surface area contributed by atoms with Crippen molar-refractivity contribution < 1.29 is 4.79 Å². The van der Waals surface area contributed by atoms with Crippen LogP contribution in [-0.2, 0) is 5.75 Å². The molecule has 0 aliphatic heterocycles. The van der Waals surface area contributed by atoms with Gasteiger partial charge in [0.05, 0.1) is 16.6 Å². The number of aryl methyl sites for hydroxylation is 1. The van der Waals surface area contributed by atoms with Crippen molar-refractivity contribution in [3.63, 3.8) is 0 Å². The molecule has 0 atom stereocenters. The molecule has 0 bridgehead atoms. The van der Waals surface area contributed by atoms with Gasteiger partial charge in [0.25, 0.3) is 5.56 Å². The summed E-state index contributed by atoms with van der Waals surface area (Å²) in [5, 5.41) is 10.1. The first-order chi connectivity index (χ1) is 16.0. The molecule has 0 spiro atoms. The number of hydrogen-bond acceptors (Lipinski definition) is 5. The monoisotopic (exact) mass is 455 g/mol. The van der Waals surface area contributed by atoms with Crippen molar-refractivity contribution in [2.24, 2.45) is 5.73 Å². The van der Waals surface area contributed by atoms with Crippen LogP contribution in [-0.4, -0.2) is 25.1 Å². The summed E-state index contributed by atoms with van der Waals surface area (Å²) in [6.45, 7) is 4.02. The van der Waals surface area contributed by atoms with Gasteiger partial charge < -0.3 is 5.73 Å². The smallest absolute Gasteiger partial charge is 0.267 e. The van der Waals surface area contributed by atoms with Gasteiger partial charge in [-0.2, -0.15) is 0 Å². The fourth-order valence-corrected chi connectivity index (χ4v) is 4.81. The Bertz CT molecular complexity index is 1600. The van der Waals surface area contributed by atoms with E-state index in [9.17, 15) is 9.59 Å². The van der Waals surface area contributed by atoms with Crippen molar-refractivity contribution in [2.75, 3.05) is 0 Å². The topological polar surface area (TPSA) is 95.3 Å². The Balaban J connectivity index is 1.69. The Morgan fingerprint density at radius 1 is 1.00 bits per heavy atom. The van der Waals surface area contributed by atoms with Crippen LogP contribution in [0, 0.1) is 13.8 Å². The van der Waals surface area contributed by atoms with Crippen LogP contribution in [0.3, 0.4) is 0 Å². The number of amides is 1. The highest BCUT2D eigenvalue weighted by Crippen LogP contribution is 2.27. The van der Waals surface area contributed by atoms with Crippen molar-refractivity contribution in [1.82, 2.24) is 19.2 Å². The van der Waals surface area contributed by atoms with Gasteiger partial charge in [0.1, 0.15) is 0 Å². The Morgan fingerprint density at radius 3 is 2.61 bits per heavy atom. The minimum atomic E-state index is -0.460. The second-order valence-electron chi connectivity index (χ2n) is 7.85. The number of nitrogens with zero attached hydrogens (tertiary/aromatic N) is 4. The molecule has 0 unspecified atom stereocenters. The standard InChI is InChI=1S/C25H21N5O2S/c1-15-7-5-12-20(16(15)2)29-23(32)19-10-3-4-11-21(19)30-24(29)27-28-25(30)33-14-17-8-6-9-18(13-17)22(26)31/h3-13H,14H2,1-2H3,(H2,26,31). The molecule has 8 heteroatoms. The van der Waals surface area contributed by atoms with Crippen molar-refractivity contribution >= 4 is 34.3 Å². The minimum absolute atomic E-state index is 0.134. The second-order valence-corrected chi connectivity index (χ2v) is 8.79. The van der Waals surface area contributed by atoms with Crippen LogP contribution in [0.1, 0.15) is 27.0 Å². The molecular weight excluding hydrogens is 434 g/mol. The minimum Gasteiger partial charge on any atom is -0.366 e. The lowest BCUT2D eigenvalue weighted by Gasteiger charge is -2.14. The van der Waals surface area contributed by atoms with Crippen LogP contribution >= 0.6 is 11.8 Å². The quantitative estimate of drug-likeness (QED) is 0.404. The second kappa shape index (κ2) is 8.22. The SMILES string of the molecule is Cc1cccc(-n2c(=O)c3ccccc3n3c(SCc4cccc(C(N)=O)c4)nnc23)c1C. The summed E-state index contributed by atoms with van der Waals surface area (Å²) >= 11 is 1.48. The molecule has 5 aromatic rings. The van der Waals surface area contributed by atoms with E-state index in [1.165, 1.54) is 11.8 Å². The molecule has 164 valence electrons. The zero-order valence-electron chi connectivity index (χ0n) is 18.1. The van der Waals surface area contributed by atoms with Gasteiger partial charge in [0.15, 0.2) is 5.16 Å². The van der Waals surface area contributed by atoms with Crippen LogP contribution in [0.5, 0.6) is 0 Å². The molecule has 0 aliphatic rings. The first-order valence-electron chi connectivity index (χ1n) is 10.4. The molecule has 2 heterocycles. The van der Waals surface area contributed by atoms with Gasteiger partial charge in [-0.1, -0.05) is 48.2 Å². The number of carbonyl (C=O) groups excluding carboxylic acids is 1. The van der Waals surface area contributed by atoms with E-state index in [1.54, 1.807) is 16.7 Å². The highest BCUT2D eigenvalue weighted by Gasteiger charge is 2.19. The first-order valence-corrected chi connectivity index (χ1v) is 11.4. The third-order valence-corrected chi connectivity index (χ3v) is 6.79. The number of carbonyl (C=O) groups is 1. The summed E-state index contributed by atoms with van der Waals surface area (Å²) in [4.78, 5) is 25.0. The predicted octanol–water partition coefficient (Wildman–Crippen LogP) is 4.04. The van der Waals surface area contributed by atoms with Crippen molar-refractivity contribution in [2.45, 2.75) is 24.8 Å². The van der Waals surface area contributed by atoms with Crippen LogP contribution in [0.25, 0.3) is 22.4 Å². The van der Waals surface area contributed by atoms with E-state index in [-0.39, 0.29) is 5.56 Å². The molecule has 2 N–H and O–H groups in total. The molecule has 5 rings (SSSR count). The molecule has 3 aromatic carbocycles. The van der Waals surface area contributed by atoms with Crippen LogP contribution < -0.4 is 11.3 Å². The number of hydrogen-bond donors (Lipinski definition) is 1. The molecule has 0 saturated heterocycles. The summed E-state index contributed by atoms with van der Waals surface area (Å²) in [6.07, 6.45) is 0. The Hall–Kier alpha value is -3.91. The third kappa shape index (κ3) is 3.58. The zero-order valence-corrected chi connectivity index (χ0v) is 19.0. The van der Waals surface area contributed by atoms with Crippen LogP contribution in [0.15, 0.2) is 76.7 Å². The normalized spacial score (nSPS) is 11.3. The molecule has 0 saturated carbocycles. The van der Waals surface area contributed by atoms with Crippen LogP contribution in [0.4, 0.5) is 0 Å². The molecule has 0 radical (unpaired) electrons. The lowest BCUT2D eigenvalue weighted by molar-refractivity contribution is 0.1000. The number of nitrogens with two attached hydrogens (primary N) is 1. The van der Waals surface area contributed by atoms with Gasteiger partial charge in [0.2, 0.25) is 11.7 Å².